The van der Waals surface area contributed by atoms with Crippen molar-refractivity contribution < 1.29 is 4.79 Å². The topological polar surface area (TPSA) is 32.3 Å². The van der Waals surface area contributed by atoms with Crippen molar-refractivity contribution in [3.8, 4) is 0 Å². The summed E-state index contributed by atoms with van der Waals surface area (Å²) in [5, 5.41) is 3.56. The van der Waals surface area contributed by atoms with Gasteiger partial charge < -0.3 is 10.2 Å². The Balaban J connectivity index is 2.21. The molecule has 0 heterocycles. The average Bonchev–Trinajstić information content (AvgIpc) is 2.54. The Morgan fingerprint density at radius 1 is 1.22 bits per heavy atom. The smallest absolute Gasteiger partial charge is 0.223 e. The summed E-state index contributed by atoms with van der Waals surface area (Å²) < 4.78 is 0. The summed E-state index contributed by atoms with van der Waals surface area (Å²) in [6.07, 6.45) is 7.24. The van der Waals surface area contributed by atoms with Crippen molar-refractivity contribution in [2.75, 3.05) is 20.6 Å². The van der Waals surface area contributed by atoms with Crippen molar-refractivity contribution in [1.82, 2.24) is 10.2 Å². The lowest BCUT2D eigenvalue weighted by molar-refractivity contribution is -0.128. The van der Waals surface area contributed by atoms with Gasteiger partial charge >= 0.3 is 0 Å². The number of carbonyl (C=O) groups excluding carboxylic acids is 1. The van der Waals surface area contributed by atoms with E-state index in [4.69, 9.17) is 0 Å². The molecule has 0 aromatic rings. The highest BCUT2D eigenvalue weighted by Gasteiger charge is 2.20. The van der Waals surface area contributed by atoms with Crippen LogP contribution in [0.25, 0.3) is 0 Å². The lowest BCUT2D eigenvalue weighted by Crippen LogP contribution is -2.33. The lowest BCUT2D eigenvalue weighted by atomic mass is 9.89. The molecule has 3 heteroatoms. The molecule has 1 N–H and O–H groups in total. The minimum Gasteiger partial charge on any atom is -0.349 e. The van der Waals surface area contributed by atoms with Crippen molar-refractivity contribution in [2.24, 2.45) is 11.8 Å². The molecule has 18 heavy (non-hydrogen) atoms. The molecule has 1 amide bonds. The summed E-state index contributed by atoms with van der Waals surface area (Å²) in [5.74, 6) is 1.94. The normalized spacial score (nSPS) is 24.9. The number of hydrogen-bond acceptors (Lipinski definition) is 2. The van der Waals surface area contributed by atoms with Crippen molar-refractivity contribution in [3.63, 3.8) is 0 Å². The van der Waals surface area contributed by atoms with Gasteiger partial charge in [0.25, 0.3) is 0 Å². The number of carbonyl (C=O) groups is 1. The standard InChI is InChI=1S/C15H30N2O/c1-12(2)13-6-5-7-14(9-8-13)16-11-10-15(18)17(3)4/h12-14,16H,5-11H2,1-4H3. The Kier molecular flexibility index (Phi) is 6.69. The fourth-order valence-electron chi connectivity index (χ4n) is 2.81. The van der Waals surface area contributed by atoms with Crippen LogP contribution >= 0.6 is 0 Å². The second-order valence-electron chi connectivity index (χ2n) is 6.20. The summed E-state index contributed by atoms with van der Waals surface area (Å²) in [7, 11) is 3.64. The van der Waals surface area contributed by atoms with Crippen LogP contribution in [0.4, 0.5) is 0 Å². The molecule has 1 rings (SSSR count). The summed E-state index contributed by atoms with van der Waals surface area (Å²) in [6.45, 7) is 5.51. The van der Waals surface area contributed by atoms with E-state index in [9.17, 15) is 4.79 Å². The van der Waals surface area contributed by atoms with E-state index in [0.717, 1.165) is 18.4 Å². The van der Waals surface area contributed by atoms with E-state index in [0.29, 0.717) is 12.5 Å². The molecule has 0 saturated heterocycles. The Morgan fingerprint density at radius 2 is 1.94 bits per heavy atom. The number of rotatable bonds is 5. The first-order valence-electron chi connectivity index (χ1n) is 7.44. The van der Waals surface area contributed by atoms with Crippen molar-refractivity contribution in [2.45, 2.75) is 58.4 Å². The lowest BCUT2D eigenvalue weighted by Gasteiger charge is -2.19. The maximum atomic E-state index is 11.5. The van der Waals surface area contributed by atoms with E-state index < -0.39 is 0 Å². The minimum absolute atomic E-state index is 0.219. The first kappa shape index (κ1) is 15.5. The predicted octanol–water partition coefficient (Wildman–Crippen LogP) is 2.66. The molecule has 1 saturated carbocycles. The molecule has 1 aliphatic carbocycles. The summed E-state index contributed by atoms with van der Waals surface area (Å²) in [5.41, 5.74) is 0. The second kappa shape index (κ2) is 7.78. The van der Waals surface area contributed by atoms with E-state index in [1.54, 1.807) is 4.90 Å². The molecule has 0 spiro atoms. The van der Waals surface area contributed by atoms with Crippen LogP contribution < -0.4 is 5.32 Å². The maximum Gasteiger partial charge on any atom is 0.223 e. The van der Waals surface area contributed by atoms with Crippen LogP contribution in [0.5, 0.6) is 0 Å². The number of hydrogen-bond donors (Lipinski definition) is 1. The van der Waals surface area contributed by atoms with Gasteiger partial charge in [-0.25, -0.2) is 0 Å². The largest absolute Gasteiger partial charge is 0.349 e. The van der Waals surface area contributed by atoms with Gasteiger partial charge in [0.1, 0.15) is 0 Å². The quantitative estimate of drug-likeness (QED) is 0.765. The third-order valence-electron chi connectivity index (χ3n) is 4.23. The Labute approximate surface area is 112 Å². The Morgan fingerprint density at radius 3 is 2.56 bits per heavy atom. The minimum atomic E-state index is 0.219. The van der Waals surface area contributed by atoms with E-state index >= 15 is 0 Å². The van der Waals surface area contributed by atoms with Gasteiger partial charge in [-0.2, -0.15) is 0 Å². The van der Waals surface area contributed by atoms with Crippen molar-refractivity contribution in [1.29, 1.82) is 0 Å². The zero-order valence-corrected chi connectivity index (χ0v) is 12.5. The first-order chi connectivity index (χ1) is 8.50. The molecule has 0 aromatic carbocycles. The summed E-state index contributed by atoms with van der Waals surface area (Å²) in [4.78, 5) is 13.1. The molecule has 0 aromatic heterocycles. The molecule has 0 bridgehead atoms. The summed E-state index contributed by atoms with van der Waals surface area (Å²) >= 11 is 0. The van der Waals surface area contributed by atoms with Crippen LogP contribution in [0, 0.1) is 11.8 Å². The number of nitrogens with zero attached hydrogens (tertiary/aromatic N) is 1. The van der Waals surface area contributed by atoms with Gasteiger partial charge in [0.15, 0.2) is 0 Å². The van der Waals surface area contributed by atoms with Gasteiger partial charge in [-0.1, -0.05) is 26.7 Å². The molecule has 1 fully saturated rings. The second-order valence-corrected chi connectivity index (χ2v) is 6.20. The fraction of sp³-hybridized carbons (Fsp3) is 0.933. The third-order valence-corrected chi connectivity index (χ3v) is 4.23. The van der Waals surface area contributed by atoms with Crippen LogP contribution in [0.15, 0.2) is 0 Å². The fourth-order valence-corrected chi connectivity index (χ4v) is 2.81. The molecule has 3 nitrogen and oxygen atoms in total. The first-order valence-corrected chi connectivity index (χ1v) is 7.44. The van der Waals surface area contributed by atoms with Gasteiger partial charge in [-0.15, -0.1) is 0 Å². The number of amides is 1. The SMILES string of the molecule is CC(C)C1CCCC(NCCC(=O)N(C)C)CC1. The van der Waals surface area contributed by atoms with E-state index in [2.05, 4.69) is 19.2 Å². The van der Waals surface area contributed by atoms with Gasteiger partial charge in [0.2, 0.25) is 5.91 Å². The monoisotopic (exact) mass is 254 g/mol. The molecule has 2 unspecified atom stereocenters. The van der Waals surface area contributed by atoms with Gasteiger partial charge in [-0.05, 0) is 31.1 Å². The molecule has 1 aliphatic rings. The van der Waals surface area contributed by atoms with Gasteiger partial charge in [-0.3, -0.25) is 4.79 Å². The van der Waals surface area contributed by atoms with Crippen LogP contribution in [-0.4, -0.2) is 37.5 Å². The van der Waals surface area contributed by atoms with E-state index in [1.807, 2.05) is 14.1 Å². The Hall–Kier alpha value is -0.570. The molecular weight excluding hydrogens is 224 g/mol. The average molecular weight is 254 g/mol. The Bertz CT molecular complexity index is 251. The molecule has 2 atom stereocenters. The maximum absolute atomic E-state index is 11.5. The highest BCUT2D eigenvalue weighted by Crippen LogP contribution is 2.28. The summed E-state index contributed by atoms with van der Waals surface area (Å²) in [6, 6.07) is 0.628. The predicted molar refractivity (Wildman–Crippen MR) is 76.5 cm³/mol. The number of nitrogens with one attached hydrogen (secondary N) is 1. The van der Waals surface area contributed by atoms with Crippen LogP contribution in [-0.2, 0) is 4.79 Å². The third kappa shape index (κ3) is 5.38. The van der Waals surface area contributed by atoms with Crippen molar-refractivity contribution in [3.05, 3.63) is 0 Å². The van der Waals surface area contributed by atoms with Crippen LogP contribution in [0.2, 0.25) is 0 Å². The highest BCUT2D eigenvalue weighted by atomic mass is 16.2. The van der Waals surface area contributed by atoms with E-state index in [-0.39, 0.29) is 5.91 Å². The van der Waals surface area contributed by atoms with Crippen LogP contribution in [0.3, 0.4) is 0 Å². The van der Waals surface area contributed by atoms with Gasteiger partial charge in [0.05, 0.1) is 0 Å². The molecule has 106 valence electrons. The highest BCUT2D eigenvalue weighted by molar-refractivity contribution is 5.75. The zero-order valence-electron chi connectivity index (χ0n) is 12.5. The van der Waals surface area contributed by atoms with E-state index in [1.165, 1.54) is 32.1 Å². The van der Waals surface area contributed by atoms with Gasteiger partial charge in [0, 0.05) is 33.1 Å². The molecular formula is C15H30N2O. The molecule has 0 aliphatic heterocycles. The van der Waals surface area contributed by atoms with Crippen molar-refractivity contribution >= 4 is 5.91 Å². The zero-order chi connectivity index (χ0) is 13.5. The molecule has 0 radical (unpaired) electrons. The van der Waals surface area contributed by atoms with Crippen LogP contribution in [0.1, 0.15) is 52.4 Å².